The predicted octanol–water partition coefficient (Wildman–Crippen LogP) is -6.93. The first kappa shape index (κ1) is 29.1. The van der Waals surface area contributed by atoms with Crippen molar-refractivity contribution in [3.05, 3.63) is 0 Å². The lowest BCUT2D eigenvalue weighted by Crippen LogP contribution is -2.47. The fourth-order valence-electron chi connectivity index (χ4n) is 1.45. The van der Waals surface area contributed by atoms with E-state index in [-0.39, 0.29) is 12.6 Å². The van der Waals surface area contributed by atoms with Gasteiger partial charge in [0.25, 0.3) is 0 Å². The van der Waals surface area contributed by atoms with Gasteiger partial charge in [0, 0.05) is 0 Å². The Kier molecular flexibility index (Phi) is 14.5. The molecule has 0 saturated heterocycles. The summed E-state index contributed by atoms with van der Waals surface area (Å²) in [4.78, 5) is 20.2. The SMILES string of the molecule is O=C[C@H](O)[C@@H](O)[C@H](O)[C@H](O)CO.O=C[C@H](OS(=O)(=O)O)[C@@H](O)[C@@H](O)[C@H](O)CO. The Labute approximate surface area is 158 Å². The van der Waals surface area contributed by atoms with Crippen LogP contribution in [0.4, 0.5) is 0 Å². The molecule has 28 heavy (non-hydrogen) atoms. The van der Waals surface area contributed by atoms with Crippen LogP contribution in [-0.4, -0.2) is 134 Å². The Morgan fingerprint density at radius 2 is 1.11 bits per heavy atom. The Hall–Kier alpha value is -1.15. The van der Waals surface area contributed by atoms with Crippen molar-refractivity contribution in [1.82, 2.24) is 0 Å². The van der Waals surface area contributed by atoms with Crippen molar-refractivity contribution in [2.75, 3.05) is 13.2 Å². The number of aliphatic hydroxyl groups excluding tert-OH is 9. The van der Waals surface area contributed by atoms with Crippen LogP contribution in [0.15, 0.2) is 0 Å². The van der Waals surface area contributed by atoms with Gasteiger partial charge in [0.1, 0.15) is 42.7 Å². The van der Waals surface area contributed by atoms with Gasteiger partial charge < -0.3 is 55.5 Å². The maximum Gasteiger partial charge on any atom is 0.398 e. The third-order valence-electron chi connectivity index (χ3n) is 3.06. The molecule has 168 valence electrons. The Morgan fingerprint density at radius 1 is 0.714 bits per heavy atom. The van der Waals surface area contributed by atoms with Gasteiger partial charge in [0.05, 0.1) is 13.2 Å². The number of carbonyl (C=O) groups is 2. The van der Waals surface area contributed by atoms with Crippen LogP contribution in [0.3, 0.4) is 0 Å². The molecular weight excluding hydrogens is 416 g/mol. The van der Waals surface area contributed by atoms with Crippen molar-refractivity contribution in [2.24, 2.45) is 0 Å². The van der Waals surface area contributed by atoms with Crippen molar-refractivity contribution < 1.29 is 72.7 Å². The fraction of sp³-hybridized carbons (Fsp3) is 0.833. The van der Waals surface area contributed by atoms with Gasteiger partial charge in [-0.05, 0) is 0 Å². The van der Waals surface area contributed by atoms with E-state index in [0.29, 0.717) is 0 Å². The van der Waals surface area contributed by atoms with Crippen LogP contribution in [0.5, 0.6) is 0 Å². The molecule has 10 N–H and O–H groups in total. The molecule has 0 aromatic heterocycles. The van der Waals surface area contributed by atoms with Crippen molar-refractivity contribution in [3.63, 3.8) is 0 Å². The first-order valence-electron chi connectivity index (χ1n) is 7.31. The third-order valence-corrected chi connectivity index (χ3v) is 3.52. The third kappa shape index (κ3) is 11.0. The molecule has 0 fully saturated rings. The van der Waals surface area contributed by atoms with Gasteiger partial charge >= 0.3 is 10.4 Å². The average Bonchev–Trinajstić information content (AvgIpc) is 2.67. The zero-order valence-electron chi connectivity index (χ0n) is 14.1. The van der Waals surface area contributed by atoms with E-state index in [9.17, 15) is 23.1 Å². The average molecular weight is 440 g/mol. The van der Waals surface area contributed by atoms with Crippen molar-refractivity contribution in [2.45, 2.75) is 48.8 Å². The highest BCUT2D eigenvalue weighted by molar-refractivity contribution is 7.80. The summed E-state index contributed by atoms with van der Waals surface area (Å²) in [7, 11) is -4.99. The van der Waals surface area contributed by atoms with Gasteiger partial charge in [0.15, 0.2) is 18.7 Å². The van der Waals surface area contributed by atoms with Gasteiger partial charge in [0.2, 0.25) is 0 Å². The van der Waals surface area contributed by atoms with Crippen LogP contribution in [0, 0.1) is 0 Å². The predicted molar refractivity (Wildman–Crippen MR) is 84.8 cm³/mol. The Balaban J connectivity index is 0. The van der Waals surface area contributed by atoms with E-state index >= 15 is 0 Å². The molecule has 0 heterocycles. The number of aliphatic hydroxyl groups is 9. The van der Waals surface area contributed by atoms with E-state index in [0.717, 1.165) is 0 Å². The second kappa shape index (κ2) is 13.9. The minimum Gasteiger partial charge on any atom is -0.394 e. The minimum absolute atomic E-state index is 0.0258. The van der Waals surface area contributed by atoms with Crippen LogP contribution in [0.25, 0.3) is 0 Å². The van der Waals surface area contributed by atoms with Gasteiger partial charge in [-0.15, -0.1) is 0 Å². The van der Waals surface area contributed by atoms with E-state index in [1.807, 2.05) is 0 Å². The molecule has 0 unspecified atom stereocenters. The summed E-state index contributed by atoms with van der Waals surface area (Å²) in [5, 5.41) is 79.2. The Bertz CT molecular complexity index is 539. The lowest BCUT2D eigenvalue weighted by Gasteiger charge is -2.24. The van der Waals surface area contributed by atoms with Crippen LogP contribution in [0.2, 0.25) is 0 Å². The number of hydrogen-bond donors (Lipinski definition) is 10. The van der Waals surface area contributed by atoms with Crippen molar-refractivity contribution in [3.8, 4) is 0 Å². The molecule has 15 nitrogen and oxygen atoms in total. The second-order valence-electron chi connectivity index (χ2n) is 5.21. The molecule has 0 amide bonds. The maximum absolute atomic E-state index is 10.3. The Morgan fingerprint density at radius 3 is 1.39 bits per heavy atom. The minimum atomic E-state index is -4.99. The smallest absolute Gasteiger partial charge is 0.394 e. The molecule has 0 aliphatic rings. The summed E-state index contributed by atoms with van der Waals surface area (Å²) in [6.07, 6.45) is -15.0. The zero-order chi connectivity index (χ0) is 22.7. The summed E-state index contributed by atoms with van der Waals surface area (Å²) < 4.78 is 32.4. The van der Waals surface area contributed by atoms with Crippen molar-refractivity contribution in [1.29, 1.82) is 0 Å². The molecule has 0 aromatic carbocycles. The molecule has 0 aliphatic carbocycles. The molecule has 0 aliphatic heterocycles. The monoisotopic (exact) mass is 440 g/mol. The van der Waals surface area contributed by atoms with E-state index < -0.39 is 72.4 Å². The lowest BCUT2D eigenvalue weighted by molar-refractivity contribution is -0.136. The van der Waals surface area contributed by atoms with Crippen LogP contribution in [-0.2, 0) is 24.2 Å². The molecule has 0 radical (unpaired) electrons. The van der Waals surface area contributed by atoms with Crippen molar-refractivity contribution >= 4 is 23.0 Å². The highest BCUT2D eigenvalue weighted by Gasteiger charge is 2.34. The standard InChI is InChI=1S/C6H12O9S.C6H12O6/c7-1-3(9)5(10)6(11)4(2-8)15-16(12,13)14;7-1-3(9)5(11)6(12)4(10)2-8/h2-7,9-11H,1H2,(H,12,13,14);1,3-6,8-12H,2H2/t3-,4+,5+,6-;3-,4+,5+,6+/m10/s1. The summed E-state index contributed by atoms with van der Waals surface area (Å²) in [5.41, 5.74) is 0. The first-order valence-corrected chi connectivity index (χ1v) is 8.68. The molecule has 0 rings (SSSR count). The summed E-state index contributed by atoms with van der Waals surface area (Å²) >= 11 is 0. The fourth-order valence-corrected chi connectivity index (χ4v) is 1.89. The molecule has 16 heteroatoms. The molecular formula is C12H24O15S. The summed E-state index contributed by atoms with van der Waals surface area (Å²) in [6, 6.07) is 0. The largest absolute Gasteiger partial charge is 0.398 e. The molecule has 0 spiro atoms. The highest BCUT2D eigenvalue weighted by Crippen LogP contribution is 2.08. The van der Waals surface area contributed by atoms with E-state index in [1.54, 1.807) is 0 Å². The van der Waals surface area contributed by atoms with Gasteiger partial charge in [-0.1, -0.05) is 0 Å². The van der Waals surface area contributed by atoms with Gasteiger partial charge in [-0.25, -0.2) is 4.18 Å². The lowest BCUT2D eigenvalue weighted by atomic mass is 10.0. The molecule has 0 bridgehead atoms. The number of carbonyl (C=O) groups excluding carboxylic acids is 2. The molecule has 0 saturated carbocycles. The summed E-state index contributed by atoms with van der Waals surface area (Å²) in [5.74, 6) is 0. The normalized spacial score (nSPS) is 20.4. The van der Waals surface area contributed by atoms with E-state index in [2.05, 4.69) is 4.18 Å². The topological polar surface area (TPSA) is 280 Å². The first-order chi connectivity index (χ1) is 12.8. The molecule has 8 atom stereocenters. The second-order valence-corrected chi connectivity index (χ2v) is 6.26. The van der Waals surface area contributed by atoms with E-state index in [4.69, 9.17) is 45.4 Å². The van der Waals surface area contributed by atoms with Crippen LogP contribution < -0.4 is 0 Å². The number of rotatable bonds is 12. The number of hydrogen-bond acceptors (Lipinski definition) is 14. The van der Waals surface area contributed by atoms with Gasteiger partial charge in [-0.3, -0.25) is 4.55 Å². The van der Waals surface area contributed by atoms with Crippen LogP contribution >= 0.6 is 0 Å². The highest BCUT2D eigenvalue weighted by atomic mass is 32.3. The molecule has 0 aromatic rings. The zero-order valence-corrected chi connectivity index (χ0v) is 14.9. The summed E-state index contributed by atoms with van der Waals surface area (Å²) in [6.45, 7) is -1.68. The van der Waals surface area contributed by atoms with Crippen LogP contribution in [0.1, 0.15) is 0 Å². The van der Waals surface area contributed by atoms with Gasteiger partial charge in [-0.2, -0.15) is 8.42 Å². The maximum atomic E-state index is 10.3. The van der Waals surface area contributed by atoms with E-state index in [1.165, 1.54) is 0 Å². The number of aldehydes is 2. The quantitative estimate of drug-likeness (QED) is 0.0996.